The van der Waals surface area contributed by atoms with Gasteiger partial charge in [-0.05, 0) is 49.1 Å². The Bertz CT molecular complexity index is 718. The average molecular weight is 315 g/mol. The molecule has 0 saturated carbocycles. The molecule has 1 aliphatic heterocycles. The summed E-state index contributed by atoms with van der Waals surface area (Å²) in [6.07, 6.45) is 2.69. The van der Waals surface area contributed by atoms with Gasteiger partial charge in [-0.2, -0.15) is 0 Å². The van der Waals surface area contributed by atoms with E-state index in [4.69, 9.17) is 4.74 Å². The van der Waals surface area contributed by atoms with E-state index in [2.05, 4.69) is 0 Å². The number of fused-ring (bicyclic) bond motifs is 1. The van der Waals surface area contributed by atoms with Crippen LogP contribution < -0.4 is 0 Å². The van der Waals surface area contributed by atoms with Crippen molar-refractivity contribution >= 4 is 23.5 Å². The highest BCUT2D eigenvalue weighted by Crippen LogP contribution is 2.32. The van der Waals surface area contributed by atoms with E-state index in [-0.39, 0.29) is 17.7 Å². The smallest absolute Gasteiger partial charge is 0.314 e. The second-order valence-electron chi connectivity index (χ2n) is 5.22. The molecule has 3 rings (SSSR count). The van der Waals surface area contributed by atoms with Crippen molar-refractivity contribution in [2.24, 2.45) is 0 Å². The predicted octanol–water partition coefficient (Wildman–Crippen LogP) is 3.10. The van der Waals surface area contributed by atoms with Crippen molar-refractivity contribution in [3.63, 3.8) is 0 Å². The van der Waals surface area contributed by atoms with Gasteiger partial charge in [-0.25, -0.2) is 0 Å². The monoisotopic (exact) mass is 315 g/mol. The van der Waals surface area contributed by atoms with Gasteiger partial charge in [0.1, 0.15) is 0 Å². The number of esters is 1. The van der Waals surface area contributed by atoms with E-state index in [1.54, 1.807) is 17.8 Å². The zero-order chi connectivity index (χ0) is 15.7. The van der Waals surface area contributed by atoms with Gasteiger partial charge < -0.3 is 9.30 Å². The minimum absolute atomic E-state index is 0.00980. The molecule has 0 saturated heterocycles. The summed E-state index contributed by atoms with van der Waals surface area (Å²) in [5.74, 6) is -0.505. The van der Waals surface area contributed by atoms with Gasteiger partial charge in [0.15, 0.2) is 0 Å². The lowest BCUT2D eigenvalue weighted by atomic mass is 10.1. The molecular formula is C17H17NO3S. The first kappa shape index (κ1) is 14.9. The number of carbonyl (C=O) groups excluding carboxylic acids is 2. The maximum atomic E-state index is 12.7. The number of methoxy groups -OCH3 is 1. The van der Waals surface area contributed by atoms with Crippen LogP contribution >= 0.6 is 11.8 Å². The van der Waals surface area contributed by atoms with Crippen molar-refractivity contribution in [1.29, 1.82) is 0 Å². The number of benzene rings is 1. The Morgan fingerprint density at radius 1 is 1.18 bits per heavy atom. The fourth-order valence-corrected chi connectivity index (χ4v) is 3.32. The summed E-state index contributed by atoms with van der Waals surface area (Å²) >= 11 is 1.64. The second-order valence-corrected chi connectivity index (χ2v) is 6.10. The summed E-state index contributed by atoms with van der Waals surface area (Å²) in [6.45, 7) is 0.673. The number of ether oxygens (including phenoxy) is 1. The number of nitrogens with zero attached hydrogens (tertiary/aromatic N) is 1. The van der Waals surface area contributed by atoms with E-state index in [0.717, 1.165) is 10.6 Å². The van der Waals surface area contributed by atoms with Crippen molar-refractivity contribution in [3.8, 4) is 0 Å². The molecule has 1 unspecified atom stereocenters. The molecule has 5 heteroatoms. The third-order valence-corrected chi connectivity index (χ3v) is 4.83. The average Bonchev–Trinajstić information content (AvgIpc) is 3.15. The van der Waals surface area contributed by atoms with Gasteiger partial charge >= 0.3 is 5.97 Å². The molecule has 0 N–H and O–H groups in total. The van der Waals surface area contributed by atoms with Crippen LogP contribution in [0.5, 0.6) is 0 Å². The van der Waals surface area contributed by atoms with E-state index >= 15 is 0 Å². The van der Waals surface area contributed by atoms with E-state index in [0.29, 0.717) is 24.2 Å². The lowest BCUT2D eigenvalue weighted by Gasteiger charge is -2.07. The molecule has 0 bridgehead atoms. The highest BCUT2D eigenvalue weighted by molar-refractivity contribution is 7.98. The third kappa shape index (κ3) is 2.46. The first-order chi connectivity index (χ1) is 10.7. The van der Waals surface area contributed by atoms with Gasteiger partial charge in [-0.3, -0.25) is 9.59 Å². The number of ketones is 1. The first-order valence-corrected chi connectivity index (χ1v) is 8.34. The molecule has 0 radical (unpaired) electrons. The highest BCUT2D eigenvalue weighted by Gasteiger charge is 2.32. The van der Waals surface area contributed by atoms with Crippen LogP contribution in [0.4, 0.5) is 0 Å². The van der Waals surface area contributed by atoms with E-state index in [1.807, 2.05) is 41.2 Å². The third-order valence-electron chi connectivity index (χ3n) is 4.08. The van der Waals surface area contributed by atoms with Crippen LogP contribution in [-0.4, -0.2) is 29.7 Å². The minimum Gasteiger partial charge on any atom is -0.469 e. The molecule has 0 fully saturated rings. The van der Waals surface area contributed by atoms with Crippen LogP contribution in [0.3, 0.4) is 0 Å². The van der Waals surface area contributed by atoms with Crippen LogP contribution in [0, 0.1) is 0 Å². The quantitative estimate of drug-likeness (QED) is 0.494. The summed E-state index contributed by atoms with van der Waals surface area (Å²) in [6, 6.07) is 11.3. The maximum Gasteiger partial charge on any atom is 0.314 e. The Labute approximate surface area is 133 Å². The molecule has 2 aromatic rings. The number of rotatable bonds is 4. The largest absolute Gasteiger partial charge is 0.469 e. The molecular weight excluding hydrogens is 298 g/mol. The van der Waals surface area contributed by atoms with Crippen LogP contribution in [0.2, 0.25) is 0 Å². The molecule has 1 aliphatic rings. The Kier molecular flexibility index (Phi) is 4.07. The molecule has 4 nitrogen and oxygen atoms in total. The van der Waals surface area contributed by atoms with Crippen molar-refractivity contribution in [3.05, 3.63) is 53.3 Å². The van der Waals surface area contributed by atoms with Crippen LogP contribution in [0.25, 0.3) is 0 Å². The zero-order valence-corrected chi connectivity index (χ0v) is 13.4. The van der Waals surface area contributed by atoms with Gasteiger partial charge in [-0.1, -0.05) is 0 Å². The van der Waals surface area contributed by atoms with Gasteiger partial charge in [-0.15, -0.1) is 11.8 Å². The van der Waals surface area contributed by atoms with Crippen molar-refractivity contribution in [1.82, 2.24) is 4.57 Å². The van der Waals surface area contributed by atoms with E-state index in [1.165, 1.54) is 7.11 Å². The Hall–Kier alpha value is -2.01. The Morgan fingerprint density at radius 3 is 2.55 bits per heavy atom. The molecule has 0 amide bonds. The molecule has 22 heavy (non-hydrogen) atoms. The van der Waals surface area contributed by atoms with Crippen molar-refractivity contribution < 1.29 is 14.3 Å². The van der Waals surface area contributed by atoms with Gasteiger partial charge in [0.05, 0.1) is 18.7 Å². The van der Waals surface area contributed by atoms with Crippen LogP contribution in [-0.2, 0) is 16.1 Å². The minimum atomic E-state index is -0.259. The topological polar surface area (TPSA) is 48.3 Å². The van der Waals surface area contributed by atoms with Crippen LogP contribution in [0.15, 0.2) is 41.3 Å². The zero-order valence-electron chi connectivity index (χ0n) is 12.5. The van der Waals surface area contributed by atoms with Gasteiger partial charge in [0.2, 0.25) is 5.78 Å². The lowest BCUT2D eigenvalue weighted by Crippen LogP contribution is -2.11. The van der Waals surface area contributed by atoms with Crippen LogP contribution in [0.1, 0.15) is 34.1 Å². The fourth-order valence-electron chi connectivity index (χ4n) is 2.91. The predicted molar refractivity (Wildman–Crippen MR) is 85.5 cm³/mol. The summed E-state index contributed by atoms with van der Waals surface area (Å²) in [4.78, 5) is 25.6. The number of aromatic nitrogens is 1. The number of thioether (sulfide) groups is 1. The Morgan fingerprint density at radius 2 is 1.91 bits per heavy atom. The summed E-state index contributed by atoms with van der Waals surface area (Å²) < 4.78 is 6.77. The Balaban J connectivity index is 1.90. The summed E-state index contributed by atoms with van der Waals surface area (Å²) in [5, 5.41) is 0. The molecule has 114 valence electrons. The fraction of sp³-hybridized carbons (Fsp3) is 0.294. The van der Waals surface area contributed by atoms with Gasteiger partial charge in [0.25, 0.3) is 0 Å². The molecule has 1 aromatic carbocycles. The molecule has 0 aliphatic carbocycles. The lowest BCUT2D eigenvalue weighted by molar-refractivity contribution is -0.142. The molecule has 1 aromatic heterocycles. The molecule has 2 heterocycles. The summed E-state index contributed by atoms with van der Waals surface area (Å²) in [5.41, 5.74) is 2.18. The summed E-state index contributed by atoms with van der Waals surface area (Å²) in [7, 11) is 1.40. The number of carbonyl (C=O) groups is 2. The molecule has 1 atom stereocenters. The maximum absolute atomic E-state index is 12.7. The number of hydrogen-bond donors (Lipinski definition) is 0. The first-order valence-electron chi connectivity index (χ1n) is 7.11. The highest BCUT2D eigenvalue weighted by atomic mass is 32.2. The molecule has 0 spiro atoms. The van der Waals surface area contributed by atoms with Crippen molar-refractivity contribution in [2.45, 2.75) is 23.8 Å². The van der Waals surface area contributed by atoms with Crippen molar-refractivity contribution in [2.75, 3.05) is 13.4 Å². The van der Waals surface area contributed by atoms with E-state index < -0.39 is 0 Å². The number of hydrogen-bond acceptors (Lipinski definition) is 4. The van der Waals surface area contributed by atoms with Gasteiger partial charge in [0, 0.05) is 22.7 Å². The van der Waals surface area contributed by atoms with E-state index in [9.17, 15) is 9.59 Å². The second kappa shape index (κ2) is 6.01. The normalized spacial score (nSPS) is 16.4. The SMILES string of the molecule is COC(=O)C1CCn2c(C(=O)c3ccc(SC)cc3)ccc21. The standard InChI is InChI=1S/C17H17NO3S/c1-21-17(20)13-9-10-18-14(13)7-8-15(18)16(19)11-3-5-12(22-2)6-4-11/h3-8,13H,9-10H2,1-2H3.